The topological polar surface area (TPSA) is 36.0 Å². The van der Waals surface area contributed by atoms with Gasteiger partial charge in [0.05, 0.1) is 0 Å². The lowest BCUT2D eigenvalue weighted by molar-refractivity contribution is 0.300. The molecule has 3 rings (SSSR count). The molecule has 0 atom stereocenters. The maximum Gasteiger partial charge on any atom is 0.0472 e. The van der Waals surface area contributed by atoms with E-state index < -0.39 is 0 Å². The number of rotatable bonds is 2. The van der Waals surface area contributed by atoms with E-state index in [-0.39, 0.29) is 6.61 Å². The summed E-state index contributed by atoms with van der Waals surface area (Å²) in [4.78, 5) is 3.29. The number of hydrogen-bond acceptors (Lipinski definition) is 1. The molecule has 2 nitrogen and oxygen atoms in total. The van der Waals surface area contributed by atoms with E-state index in [1.807, 2.05) is 6.20 Å². The van der Waals surface area contributed by atoms with Crippen molar-refractivity contribution < 1.29 is 5.11 Å². The number of aliphatic hydroxyl groups is 1. The number of aromatic amines is 1. The molecular formula is C13H15NO. The fraction of sp³-hybridized carbons (Fsp3) is 0.385. The van der Waals surface area contributed by atoms with Gasteiger partial charge >= 0.3 is 0 Å². The average Bonchev–Trinajstić information content (AvgIpc) is 2.82. The summed E-state index contributed by atoms with van der Waals surface area (Å²) >= 11 is 0. The molecule has 0 radical (unpaired) electrons. The predicted molar refractivity (Wildman–Crippen MR) is 61.1 cm³/mol. The first-order valence-corrected chi connectivity index (χ1v) is 5.61. The molecule has 1 heterocycles. The van der Waals surface area contributed by atoms with Crippen LogP contribution < -0.4 is 0 Å². The molecule has 2 N–H and O–H groups in total. The van der Waals surface area contributed by atoms with Crippen LogP contribution in [0.2, 0.25) is 0 Å². The summed E-state index contributed by atoms with van der Waals surface area (Å²) in [5, 5.41) is 10.3. The van der Waals surface area contributed by atoms with Gasteiger partial charge in [0.1, 0.15) is 0 Å². The summed E-state index contributed by atoms with van der Waals surface area (Å²) in [7, 11) is 0. The van der Waals surface area contributed by atoms with Gasteiger partial charge in [0.15, 0.2) is 0 Å². The quantitative estimate of drug-likeness (QED) is 0.767. The molecule has 0 aliphatic heterocycles. The van der Waals surface area contributed by atoms with E-state index in [4.69, 9.17) is 5.11 Å². The van der Waals surface area contributed by atoms with Gasteiger partial charge in [-0.15, -0.1) is 0 Å². The Balaban J connectivity index is 2.18. The van der Waals surface area contributed by atoms with Crippen LogP contribution >= 0.6 is 0 Å². The van der Waals surface area contributed by atoms with E-state index in [0.717, 1.165) is 6.42 Å². The first kappa shape index (κ1) is 8.98. The number of aryl methyl sites for hydroxylation is 2. The third-order valence-corrected chi connectivity index (χ3v) is 3.36. The van der Waals surface area contributed by atoms with Crippen molar-refractivity contribution in [2.45, 2.75) is 25.7 Å². The van der Waals surface area contributed by atoms with Gasteiger partial charge in [-0.25, -0.2) is 0 Å². The molecule has 2 heteroatoms. The number of aromatic nitrogens is 1. The number of aliphatic hydroxyl groups excluding tert-OH is 1. The SMILES string of the molecule is OCCc1c[nH]c2cc3c(cc12)CCC3. The van der Waals surface area contributed by atoms with Crippen molar-refractivity contribution in [3.63, 3.8) is 0 Å². The molecule has 0 bridgehead atoms. The zero-order chi connectivity index (χ0) is 10.3. The lowest BCUT2D eigenvalue weighted by Gasteiger charge is -2.01. The van der Waals surface area contributed by atoms with E-state index in [2.05, 4.69) is 17.1 Å². The maximum absolute atomic E-state index is 8.98. The number of H-pyrrole nitrogens is 1. The minimum absolute atomic E-state index is 0.226. The Labute approximate surface area is 88.9 Å². The van der Waals surface area contributed by atoms with Crippen molar-refractivity contribution in [1.82, 2.24) is 4.98 Å². The minimum atomic E-state index is 0.226. The lowest BCUT2D eigenvalue weighted by atomic mass is 10.0. The zero-order valence-electron chi connectivity index (χ0n) is 8.71. The first-order chi connectivity index (χ1) is 7.38. The van der Waals surface area contributed by atoms with Crippen molar-refractivity contribution in [1.29, 1.82) is 0 Å². The molecule has 0 fully saturated rings. The summed E-state index contributed by atoms with van der Waals surface area (Å²) in [5.41, 5.74) is 5.46. The van der Waals surface area contributed by atoms with Gasteiger partial charge in [-0.1, -0.05) is 0 Å². The summed E-state index contributed by atoms with van der Waals surface area (Å²) < 4.78 is 0. The molecular weight excluding hydrogens is 186 g/mol. The third kappa shape index (κ3) is 1.37. The molecule has 0 unspecified atom stereocenters. The van der Waals surface area contributed by atoms with Crippen molar-refractivity contribution in [2.24, 2.45) is 0 Å². The van der Waals surface area contributed by atoms with E-state index in [1.165, 1.54) is 46.9 Å². The van der Waals surface area contributed by atoms with Gasteiger partial charge in [0, 0.05) is 23.7 Å². The van der Waals surface area contributed by atoms with Gasteiger partial charge in [-0.2, -0.15) is 0 Å². The second kappa shape index (κ2) is 3.38. The average molecular weight is 201 g/mol. The largest absolute Gasteiger partial charge is 0.396 e. The third-order valence-electron chi connectivity index (χ3n) is 3.36. The monoisotopic (exact) mass is 201 g/mol. The van der Waals surface area contributed by atoms with Crippen LogP contribution in [-0.2, 0) is 19.3 Å². The van der Waals surface area contributed by atoms with Gasteiger partial charge in [-0.3, -0.25) is 0 Å². The molecule has 1 aromatic heterocycles. The predicted octanol–water partition coefficient (Wildman–Crippen LogP) is 2.19. The molecule has 15 heavy (non-hydrogen) atoms. The highest BCUT2D eigenvalue weighted by molar-refractivity contribution is 5.85. The molecule has 1 aliphatic rings. The molecule has 1 aliphatic carbocycles. The minimum Gasteiger partial charge on any atom is -0.396 e. The van der Waals surface area contributed by atoms with Crippen LogP contribution in [0.5, 0.6) is 0 Å². The molecule has 0 saturated carbocycles. The number of fused-ring (bicyclic) bond motifs is 2. The van der Waals surface area contributed by atoms with E-state index in [1.54, 1.807) is 0 Å². The Morgan fingerprint density at radius 1 is 1.20 bits per heavy atom. The number of benzene rings is 1. The van der Waals surface area contributed by atoms with Crippen molar-refractivity contribution >= 4 is 10.9 Å². The van der Waals surface area contributed by atoms with E-state index in [9.17, 15) is 0 Å². The molecule has 2 aromatic rings. The highest BCUT2D eigenvalue weighted by Crippen LogP contribution is 2.28. The highest BCUT2D eigenvalue weighted by Gasteiger charge is 2.13. The normalized spacial score (nSPS) is 14.7. The molecule has 0 amide bonds. The molecule has 0 spiro atoms. The fourth-order valence-corrected chi connectivity index (χ4v) is 2.58. The van der Waals surface area contributed by atoms with Crippen LogP contribution in [0.4, 0.5) is 0 Å². The second-order valence-corrected chi connectivity index (χ2v) is 4.31. The Bertz CT molecular complexity index is 498. The van der Waals surface area contributed by atoms with Gasteiger partial charge in [0.25, 0.3) is 0 Å². The zero-order valence-corrected chi connectivity index (χ0v) is 8.71. The summed E-state index contributed by atoms with van der Waals surface area (Å²) in [6, 6.07) is 4.58. The Morgan fingerprint density at radius 2 is 2.00 bits per heavy atom. The van der Waals surface area contributed by atoms with Gasteiger partial charge < -0.3 is 10.1 Å². The van der Waals surface area contributed by atoms with Gasteiger partial charge in [0.2, 0.25) is 0 Å². The Hall–Kier alpha value is -1.28. The first-order valence-electron chi connectivity index (χ1n) is 5.61. The number of hydrogen-bond donors (Lipinski definition) is 2. The molecule has 1 aromatic carbocycles. The van der Waals surface area contributed by atoms with Crippen molar-refractivity contribution in [3.8, 4) is 0 Å². The molecule has 0 saturated heterocycles. The van der Waals surface area contributed by atoms with Crippen LogP contribution in [0.25, 0.3) is 10.9 Å². The van der Waals surface area contributed by atoms with Crippen LogP contribution in [0, 0.1) is 0 Å². The Morgan fingerprint density at radius 3 is 2.80 bits per heavy atom. The summed E-state index contributed by atoms with van der Waals surface area (Å²) in [6.07, 6.45) is 6.50. The van der Waals surface area contributed by atoms with Crippen LogP contribution in [0.3, 0.4) is 0 Å². The summed E-state index contributed by atoms with van der Waals surface area (Å²) in [6.45, 7) is 0.226. The van der Waals surface area contributed by atoms with Gasteiger partial charge in [-0.05, 0) is 54.5 Å². The second-order valence-electron chi connectivity index (χ2n) is 4.31. The maximum atomic E-state index is 8.98. The van der Waals surface area contributed by atoms with Crippen LogP contribution in [-0.4, -0.2) is 16.7 Å². The fourth-order valence-electron chi connectivity index (χ4n) is 2.58. The van der Waals surface area contributed by atoms with E-state index >= 15 is 0 Å². The standard InChI is InChI=1S/C13H15NO/c15-5-4-11-8-14-13-7-10-3-1-2-9(10)6-12(11)13/h6-8,14-15H,1-5H2. The Kier molecular flexibility index (Phi) is 2.03. The number of nitrogens with one attached hydrogen (secondary N) is 1. The van der Waals surface area contributed by atoms with Crippen LogP contribution in [0.15, 0.2) is 18.3 Å². The lowest BCUT2D eigenvalue weighted by Crippen LogP contribution is -1.89. The van der Waals surface area contributed by atoms with Crippen molar-refractivity contribution in [2.75, 3.05) is 6.61 Å². The van der Waals surface area contributed by atoms with E-state index in [0.29, 0.717) is 0 Å². The molecule has 78 valence electrons. The summed E-state index contributed by atoms with van der Waals surface area (Å²) in [5.74, 6) is 0. The highest BCUT2D eigenvalue weighted by atomic mass is 16.2. The smallest absolute Gasteiger partial charge is 0.0472 e. The van der Waals surface area contributed by atoms with Crippen molar-refractivity contribution in [3.05, 3.63) is 35.0 Å². The van der Waals surface area contributed by atoms with Crippen LogP contribution in [0.1, 0.15) is 23.1 Å².